The number of aromatic nitrogens is 1. The number of ether oxygens (including phenoxy) is 2. The fraction of sp³-hybridized carbons (Fsp3) is 0.429. The zero-order valence-corrected chi connectivity index (χ0v) is 16.0. The largest absolute Gasteiger partial charge is 0.492 e. The molecule has 0 bridgehead atoms. The number of hydrogen-bond acceptors (Lipinski definition) is 5. The SMILES string of the molecule is Cc1ccc(OCCNC(=O)[C@@H](c2cccnc2)N2CCOCC2)cc1C. The van der Waals surface area contributed by atoms with E-state index in [1.807, 2.05) is 30.3 Å². The van der Waals surface area contributed by atoms with Crippen LogP contribution in [0.4, 0.5) is 0 Å². The van der Waals surface area contributed by atoms with Crippen molar-refractivity contribution in [2.75, 3.05) is 39.5 Å². The third-order valence-electron chi connectivity index (χ3n) is 4.81. The Morgan fingerprint density at radius 2 is 2.07 bits per heavy atom. The molecule has 1 fully saturated rings. The zero-order chi connectivity index (χ0) is 19.1. The Morgan fingerprint density at radius 3 is 2.78 bits per heavy atom. The molecule has 0 unspecified atom stereocenters. The average Bonchev–Trinajstić information content (AvgIpc) is 2.70. The first kappa shape index (κ1) is 19.3. The maximum atomic E-state index is 12.9. The zero-order valence-electron chi connectivity index (χ0n) is 16.0. The van der Waals surface area contributed by atoms with Crippen LogP contribution in [0.25, 0.3) is 0 Å². The summed E-state index contributed by atoms with van der Waals surface area (Å²) in [6.45, 7) is 7.75. The van der Waals surface area contributed by atoms with Crippen molar-refractivity contribution in [3.8, 4) is 5.75 Å². The molecule has 1 aliphatic rings. The highest BCUT2D eigenvalue weighted by molar-refractivity contribution is 5.83. The third-order valence-corrected chi connectivity index (χ3v) is 4.81. The van der Waals surface area contributed by atoms with Crippen molar-refractivity contribution < 1.29 is 14.3 Å². The third kappa shape index (κ3) is 5.28. The molecule has 0 spiro atoms. The van der Waals surface area contributed by atoms with Crippen molar-refractivity contribution in [2.45, 2.75) is 19.9 Å². The number of nitrogens with zero attached hydrogens (tertiary/aromatic N) is 2. The number of carbonyl (C=O) groups is 1. The molecule has 0 aliphatic carbocycles. The van der Waals surface area contributed by atoms with Crippen LogP contribution < -0.4 is 10.1 Å². The quantitative estimate of drug-likeness (QED) is 0.759. The summed E-state index contributed by atoms with van der Waals surface area (Å²) in [6, 6.07) is 9.46. The van der Waals surface area contributed by atoms with E-state index >= 15 is 0 Å². The highest BCUT2D eigenvalue weighted by Gasteiger charge is 2.28. The molecule has 144 valence electrons. The Bertz CT molecular complexity index is 746. The number of aryl methyl sites for hydroxylation is 2. The maximum absolute atomic E-state index is 12.9. The summed E-state index contributed by atoms with van der Waals surface area (Å²) in [5, 5.41) is 3.00. The first-order chi connectivity index (χ1) is 13.1. The van der Waals surface area contributed by atoms with Crippen molar-refractivity contribution in [1.82, 2.24) is 15.2 Å². The van der Waals surface area contributed by atoms with Gasteiger partial charge in [0.2, 0.25) is 5.91 Å². The minimum atomic E-state index is -0.357. The summed E-state index contributed by atoms with van der Waals surface area (Å²) in [6.07, 6.45) is 3.47. The van der Waals surface area contributed by atoms with Crippen LogP contribution in [-0.2, 0) is 9.53 Å². The van der Waals surface area contributed by atoms with Gasteiger partial charge in [0.25, 0.3) is 0 Å². The van der Waals surface area contributed by atoms with E-state index in [-0.39, 0.29) is 11.9 Å². The van der Waals surface area contributed by atoms with Gasteiger partial charge in [0.05, 0.1) is 19.8 Å². The van der Waals surface area contributed by atoms with E-state index in [1.165, 1.54) is 11.1 Å². The number of morpholine rings is 1. The van der Waals surface area contributed by atoms with Crippen molar-refractivity contribution in [3.63, 3.8) is 0 Å². The molecule has 6 nitrogen and oxygen atoms in total. The number of rotatable bonds is 7. The van der Waals surface area contributed by atoms with Gasteiger partial charge in [-0.05, 0) is 48.7 Å². The van der Waals surface area contributed by atoms with E-state index in [1.54, 1.807) is 12.4 Å². The van der Waals surface area contributed by atoms with Crippen molar-refractivity contribution in [1.29, 1.82) is 0 Å². The highest BCUT2D eigenvalue weighted by atomic mass is 16.5. The number of amides is 1. The molecule has 1 atom stereocenters. The average molecular weight is 369 g/mol. The van der Waals surface area contributed by atoms with Gasteiger partial charge in [-0.25, -0.2) is 0 Å². The summed E-state index contributed by atoms with van der Waals surface area (Å²) >= 11 is 0. The van der Waals surface area contributed by atoms with Gasteiger partial charge in [0, 0.05) is 25.5 Å². The molecule has 1 saturated heterocycles. The van der Waals surface area contributed by atoms with Crippen molar-refractivity contribution in [2.24, 2.45) is 0 Å². The molecule has 2 heterocycles. The molecule has 3 rings (SSSR count). The smallest absolute Gasteiger partial charge is 0.242 e. The molecule has 6 heteroatoms. The van der Waals surface area contributed by atoms with Crippen LogP contribution in [-0.4, -0.2) is 55.2 Å². The van der Waals surface area contributed by atoms with Gasteiger partial charge >= 0.3 is 0 Å². The Hall–Kier alpha value is -2.44. The monoisotopic (exact) mass is 369 g/mol. The first-order valence-corrected chi connectivity index (χ1v) is 9.34. The molecule has 1 aromatic carbocycles. The van der Waals surface area contributed by atoms with Gasteiger partial charge < -0.3 is 14.8 Å². The Balaban J connectivity index is 1.56. The topological polar surface area (TPSA) is 63.7 Å². The van der Waals surface area contributed by atoms with Gasteiger partial charge in [0.15, 0.2) is 0 Å². The minimum absolute atomic E-state index is 0.0337. The lowest BCUT2D eigenvalue weighted by Crippen LogP contribution is -2.46. The van der Waals surface area contributed by atoms with Gasteiger partial charge in [-0.1, -0.05) is 12.1 Å². The van der Waals surface area contributed by atoms with Crippen molar-refractivity contribution in [3.05, 3.63) is 59.4 Å². The molecule has 1 N–H and O–H groups in total. The summed E-state index contributed by atoms with van der Waals surface area (Å²) in [5.41, 5.74) is 3.33. The lowest BCUT2D eigenvalue weighted by atomic mass is 10.1. The molecule has 0 saturated carbocycles. The van der Waals surface area contributed by atoms with Crippen LogP contribution in [0.1, 0.15) is 22.7 Å². The number of carbonyl (C=O) groups excluding carboxylic acids is 1. The van der Waals surface area contributed by atoms with Gasteiger partial charge in [-0.2, -0.15) is 0 Å². The standard InChI is InChI=1S/C21H27N3O3/c1-16-5-6-19(14-17(16)2)27-11-8-23-21(25)20(18-4-3-7-22-15-18)24-9-12-26-13-10-24/h3-7,14-15,20H,8-13H2,1-2H3,(H,23,25)/t20-/m1/s1. The lowest BCUT2D eigenvalue weighted by Gasteiger charge is -2.33. The predicted octanol–water partition coefficient (Wildman–Crippen LogP) is 2.27. The maximum Gasteiger partial charge on any atom is 0.242 e. The summed E-state index contributed by atoms with van der Waals surface area (Å²) < 4.78 is 11.2. The van der Waals surface area contributed by atoms with E-state index in [9.17, 15) is 4.79 Å². The molecule has 1 aliphatic heterocycles. The van der Waals surface area contributed by atoms with Crippen LogP contribution >= 0.6 is 0 Å². The van der Waals surface area contributed by atoms with Crippen LogP contribution in [0, 0.1) is 13.8 Å². The summed E-state index contributed by atoms with van der Waals surface area (Å²) in [7, 11) is 0. The van der Waals surface area contributed by atoms with Crippen LogP contribution in [0.3, 0.4) is 0 Å². The second kappa shape index (κ2) is 9.48. The predicted molar refractivity (Wildman–Crippen MR) is 104 cm³/mol. The van der Waals surface area contributed by atoms with E-state index in [4.69, 9.17) is 9.47 Å². The normalized spacial score (nSPS) is 15.9. The lowest BCUT2D eigenvalue weighted by molar-refractivity contribution is -0.128. The molecule has 27 heavy (non-hydrogen) atoms. The second-order valence-electron chi connectivity index (χ2n) is 6.72. The molecule has 2 aromatic rings. The molecular weight excluding hydrogens is 342 g/mol. The Kier molecular flexibility index (Phi) is 6.79. The second-order valence-corrected chi connectivity index (χ2v) is 6.72. The Morgan fingerprint density at radius 1 is 1.26 bits per heavy atom. The van der Waals surface area contributed by atoms with Crippen LogP contribution in [0.5, 0.6) is 5.75 Å². The van der Waals surface area contributed by atoms with E-state index < -0.39 is 0 Å². The number of nitrogens with one attached hydrogen (secondary N) is 1. The van der Waals surface area contributed by atoms with Crippen LogP contribution in [0.15, 0.2) is 42.7 Å². The number of hydrogen-bond donors (Lipinski definition) is 1. The minimum Gasteiger partial charge on any atom is -0.492 e. The van der Waals surface area contributed by atoms with E-state index in [0.717, 1.165) is 24.4 Å². The molecule has 1 aromatic heterocycles. The Labute approximate surface area is 160 Å². The highest BCUT2D eigenvalue weighted by Crippen LogP contribution is 2.21. The van der Waals surface area contributed by atoms with Crippen molar-refractivity contribution >= 4 is 5.91 Å². The van der Waals surface area contributed by atoms with Gasteiger partial charge in [0.1, 0.15) is 18.4 Å². The van der Waals surface area contributed by atoms with E-state index in [0.29, 0.717) is 26.4 Å². The van der Waals surface area contributed by atoms with Crippen LogP contribution in [0.2, 0.25) is 0 Å². The molecule has 0 radical (unpaired) electrons. The number of benzene rings is 1. The summed E-state index contributed by atoms with van der Waals surface area (Å²) in [5.74, 6) is 0.790. The van der Waals surface area contributed by atoms with Gasteiger partial charge in [-0.15, -0.1) is 0 Å². The molecule has 1 amide bonds. The summed E-state index contributed by atoms with van der Waals surface area (Å²) in [4.78, 5) is 19.2. The van der Waals surface area contributed by atoms with E-state index in [2.05, 4.69) is 29.0 Å². The fourth-order valence-electron chi connectivity index (χ4n) is 3.14. The first-order valence-electron chi connectivity index (χ1n) is 9.34. The number of pyridine rings is 1. The fourth-order valence-corrected chi connectivity index (χ4v) is 3.14. The van der Waals surface area contributed by atoms with Gasteiger partial charge in [-0.3, -0.25) is 14.7 Å². The molecular formula is C21H27N3O3.